The van der Waals surface area contributed by atoms with Crippen LogP contribution in [0.2, 0.25) is 0 Å². The molecule has 2 heterocycles. The van der Waals surface area contributed by atoms with Crippen LogP contribution in [-0.4, -0.2) is 41.9 Å². The van der Waals surface area contributed by atoms with Gasteiger partial charge in [0.15, 0.2) is 0 Å². The van der Waals surface area contributed by atoms with E-state index in [1.165, 1.54) is 17.8 Å². The second kappa shape index (κ2) is 9.93. The standard InChI is InChI=1S/C24H25F2N3O3S/c1-3-32-12-6-11-27-23(31)22-21-16-7-4-5-8-18(16)28(2)24(21)33-14-20(30)29(22)19-10-9-15(25)13-17(19)26/h4-5,7-10,13,22H,3,6,11-12,14H2,1-2H3,(H,27,31)/t22-/m0/s1. The summed E-state index contributed by atoms with van der Waals surface area (Å²) in [6.45, 7) is 3.31. The van der Waals surface area contributed by atoms with Crippen molar-refractivity contribution in [2.75, 3.05) is 30.4 Å². The Kier molecular flexibility index (Phi) is 6.99. The van der Waals surface area contributed by atoms with Crippen LogP contribution in [0.25, 0.3) is 10.9 Å². The highest BCUT2D eigenvalue weighted by atomic mass is 32.2. The zero-order chi connectivity index (χ0) is 23.5. The van der Waals surface area contributed by atoms with Crippen LogP contribution in [-0.2, 0) is 21.4 Å². The zero-order valence-corrected chi connectivity index (χ0v) is 19.3. The summed E-state index contributed by atoms with van der Waals surface area (Å²) < 4.78 is 35.8. The molecule has 1 aliphatic rings. The Balaban J connectivity index is 1.83. The van der Waals surface area contributed by atoms with E-state index in [-0.39, 0.29) is 11.4 Å². The van der Waals surface area contributed by atoms with Crippen LogP contribution in [0.4, 0.5) is 14.5 Å². The van der Waals surface area contributed by atoms with E-state index in [0.717, 1.165) is 33.0 Å². The molecule has 9 heteroatoms. The Hall–Kier alpha value is -2.91. The summed E-state index contributed by atoms with van der Waals surface area (Å²) in [6.07, 6.45) is 0.600. The zero-order valence-electron chi connectivity index (χ0n) is 18.4. The summed E-state index contributed by atoms with van der Waals surface area (Å²) in [6, 6.07) is 9.49. The lowest BCUT2D eigenvalue weighted by Gasteiger charge is -2.30. The second-order valence-electron chi connectivity index (χ2n) is 7.69. The van der Waals surface area contributed by atoms with Crippen molar-refractivity contribution in [2.45, 2.75) is 24.4 Å². The number of carbonyl (C=O) groups excluding carboxylic acids is 2. The Morgan fingerprint density at radius 1 is 1.24 bits per heavy atom. The number of aryl methyl sites for hydroxylation is 1. The first-order valence-corrected chi connectivity index (χ1v) is 11.7. The summed E-state index contributed by atoms with van der Waals surface area (Å²) in [5.41, 5.74) is 1.41. The van der Waals surface area contributed by atoms with Gasteiger partial charge in [-0.15, -0.1) is 0 Å². The Labute approximate surface area is 194 Å². The maximum Gasteiger partial charge on any atom is 0.247 e. The van der Waals surface area contributed by atoms with E-state index in [4.69, 9.17) is 4.74 Å². The maximum atomic E-state index is 14.9. The molecule has 2 amide bonds. The van der Waals surface area contributed by atoms with E-state index in [9.17, 15) is 18.4 Å². The van der Waals surface area contributed by atoms with Gasteiger partial charge in [0.25, 0.3) is 0 Å². The molecular weight excluding hydrogens is 448 g/mol. The van der Waals surface area contributed by atoms with Crippen LogP contribution >= 0.6 is 11.8 Å². The number of carbonyl (C=O) groups is 2. The SMILES string of the molecule is CCOCCCNC(=O)[C@@H]1c2c(n(C)c3ccccc23)SCC(=O)N1c1ccc(F)cc1F. The van der Waals surface area contributed by atoms with Crippen molar-refractivity contribution in [1.29, 1.82) is 0 Å². The molecule has 1 N–H and O–H groups in total. The smallest absolute Gasteiger partial charge is 0.247 e. The van der Waals surface area contributed by atoms with Gasteiger partial charge in [-0.2, -0.15) is 0 Å². The van der Waals surface area contributed by atoms with Gasteiger partial charge in [0.05, 0.1) is 16.5 Å². The molecule has 1 aromatic heterocycles. The van der Waals surface area contributed by atoms with Gasteiger partial charge in [0.2, 0.25) is 11.8 Å². The summed E-state index contributed by atoms with van der Waals surface area (Å²) in [7, 11) is 1.88. The average molecular weight is 474 g/mol. The van der Waals surface area contributed by atoms with Gasteiger partial charge in [0.1, 0.15) is 17.7 Å². The number of hydrogen-bond acceptors (Lipinski definition) is 4. The molecule has 1 aliphatic heterocycles. The third-order valence-corrected chi connectivity index (χ3v) is 6.77. The molecular formula is C24H25F2N3O3S. The normalized spacial score (nSPS) is 16.1. The minimum atomic E-state index is -1.11. The lowest BCUT2D eigenvalue weighted by atomic mass is 10.0. The number of nitrogens with one attached hydrogen (secondary N) is 1. The quantitative estimate of drug-likeness (QED) is 0.523. The number of hydrogen-bond donors (Lipinski definition) is 1. The number of anilines is 1. The van der Waals surface area contributed by atoms with Crippen molar-refractivity contribution in [1.82, 2.24) is 9.88 Å². The molecule has 6 nitrogen and oxygen atoms in total. The number of halogens is 2. The first-order chi connectivity index (χ1) is 15.9. The van der Waals surface area contributed by atoms with Gasteiger partial charge in [-0.25, -0.2) is 8.78 Å². The second-order valence-corrected chi connectivity index (χ2v) is 8.65. The van der Waals surface area contributed by atoms with Crippen molar-refractivity contribution >= 4 is 40.2 Å². The summed E-state index contributed by atoms with van der Waals surface area (Å²) in [4.78, 5) is 27.9. The van der Waals surface area contributed by atoms with Crippen molar-refractivity contribution in [3.63, 3.8) is 0 Å². The summed E-state index contributed by atoms with van der Waals surface area (Å²) >= 11 is 1.31. The first-order valence-electron chi connectivity index (χ1n) is 10.8. The molecule has 2 aromatic carbocycles. The Morgan fingerprint density at radius 3 is 2.79 bits per heavy atom. The number of aromatic nitrogens is 1. The lowest BCUT2D eigenvalue weighted by molar-refractivity contribution is -0.125. The van der Waals surface area contributed by atoms with Crippen LogP contribution in [0.5, 0.6) is 0 Å². The fourth-order valence-electron chi connectivity index (χ4n) is 4.14. The minimum Gasteiger partial charge on any atom is -0.382 e. The van der Waals surface area contributed by atoms with Gasteiger partial charge in [0, 0.05) is 49.3 Å². The number of nitrogens with zero attached hydrogens (tertiary/aromatic N) is 2. The first kappa shape index (κ1) is 23.3. The van der Waals surface area contributed by atoms with Crippen LogP contribution < -0.4 is 10.2 Å². The van der Waals surface area contributed by atoms with Gasteiger partial charge in [-0.1, -0.05) is 30.0 Å². The van der Waals surface area contributed by atoms with Crippen LogP contribution in [0.15, 0.2) is 47.5 Å². The topological polar surface area (TPSA) is 63.6 Å². The van der Waals surface area contributed by atoms with E-state index in [2.05, 4.69) is 5.32 Å². The Bertz CT molecular complexity index is 1200. The number of rotatable bonds is 7. The number of para-hydroxylation sites is 1. The average Bonchev–Trinajstić information content (AvgIpc) is 2.97. The third kappa shape index (κ3) is 4.47. The predicted molar refractivity (Wildman–Crippen MR) is 124 cm³/mol. The number of amides is 2. The van der Waals surface area contributed by atoms with Crippen molar-refractivity contribution in [2.24, 2.45) is 7.05 Å². The van der Waals surface area contributed by atoms with E-state index in [0.29, 0.717) is 31.7 Å². The van der Waals surface area contributed by atoms with E-state index < -0.39 is 29.5 Å². The molecule has 0 bridgehead atoms. The molecule has 0 aliphatic carbocycles. The van der Waals surface area contributed by atoms with Gasteiger partial charge >= 0.3 is 0 Å². The molecule has 3 aromatic rings. The maximum absolute atomic E-state index is 14.9. The molecule has 1 atom stereocenters. The van der Waals surface area contributed by atoms with Crippen molar-refractivity contribution in [3.05, 3.63) is 59.7 Å². The predicted octanol–water partition coefficient (Wildman–Crippen LogP) is 4.18. The van der Waals surface area contributed by atoms with Gasteiger partial charge in [-0.05, 0) is 31.5 Å². The number of ether oxygens (including phenoxy) is 1. The Morgan fingerprint density at radius 2 is 2.03 bits per heavy atom. The molecule has 33 heavy (non-hydrogen) atoms. The third-order valence-electron chi connectivity index (χ3n) is 5.61. The molecule has 0 saturated carbocycles. The molecule has 0 fully saturated rings. The summed E-state index contributed by atoms with van der Waals surface area (Å²) in [5, 5.41) is 4.45. The molecule has 174 valence electrons. The molecule has 0 spiro atoms. The van der Waals surface area contributed by atoms with E-state index in [1.807, 2.05) is 42.8 Å². The van der Waals surface area contributed by atoms with Crippen molar-refractivity contribution in [3.8, 4) is 0 Å². The number of benzene rings is 2. The number of fused-ring (bicyclic) bond motifs is 3. The van der Waals surface area contributed by atoms with E-state index in [1.54, 1.807) is 0 Å². The van der Waals surface area contributed by atoms with Crippen molar-refractivity contribution < 1.29 is 23.1 Å². The highest BCUT2D eigenvalue weighted by Crippen LogP contribution is 2.43. The highest BCUT2D eigenvalue weighted by Gasteiger charge is 2.40. The highest BCUT2D eigenvalue weighted by molar-refractivity contribution is 8.00. The number of thioether (sulfide) groups is 1. The van der Waals surface area contributed by atoms with E-state index >= 15 is 0 Å². The molecule has 0 unspecified atom stereocenters. The fraction of sp³-hybridized carbons (Fsp3) is 0.333. The summed E-state index contributed by atoms with van der Waals surface area (Å²) in [5.74, 6) is -2.49. The molecule has 4 rings (SSSR count). The van der Waals surface area contributed by atoms with Gasteiger partial charge < -0.3 is 14.6 Å². The van der Waals surface area contributed by atoms with Gasteiger partial charge in [-0.3, -0.25) is 14.5 Å². The molecule has 0 radical (unpaired) electrons. The van der Waals surface area contributed by atoms with Crippen LogP contribution in [0.3, 0.4) is 0 Å². The lowest BCUT2D eigenvalue weighted by Crippen LogP contribution is -2.44. The fourth-order valence-corrected chi connectivity index (χ4v) is 5.20. The minimum absolute atomic E-state index is 0.0160. The molecule has 0 saturated heterocycles. The largest absolute Gasteiger partial charge is 0.382 e. The van der Waals surface area contributed by atoms with Crippen LogP contribution in [0.1, 0.15) is 24.9 Å². The van der Waals surface area contributed by atoms with Crippen LogP contribution in [0, 0.1) is 11.6 Å². The monoisotopic (exact) mass is 473 g/mol.